The molecule has 0 aliphatic carbocycles. The molecule has 0 radical (unpaired) electrons. The lowest BCUT2D eigenvalue weighted by atomic mass is 9.95. The summed E-state index contributed by atoms with van der Waals surface area (Å²) < 4.78 is 10.8. The Balaban J connectivity index is 1.97. The Morgan fingerprint density at radius 3 is 2.30 bits per heavy atom. The molecule has 170 valence electrons. The van der Waals surface area contributed by atoms with Crippen LogP contribution in [0.3, 0.4) is 0 Å². The van der Waals surface area contributed by atoms with Crippen LogP contribution < -0.4 is 14.4 Å². The number of aliphatic hydroxyl groups excluding tert-OH is 1. The van der Waals surface area contributed by atoms with Gasteiger partial charge in [0.25, 0.3) is 5.78 Å². The number of amides is 1. The van der Waals surface area contributed by atoms with Gasteiger partial charge in [-0.1, -0.05) is 17.7 Å². The monoisotopic (exact) mass is 484 g/mol. The van der Waals surface area contributed by atoms with E-state index < -0.39 is 17.7 Å². The predicted molar refractivity (Wildman–Crippen MR) is 127 cm³/mol. The topological polar surface area (TPSA) is 89.0 Å². The van der Waals surface area contributed by atoms with Crippen LogP contribution in [0.5, 0.6) is 11.5 Å². The molecule has 3 aromatic rings. The van der Waals surface area contributed by atoms with Gasteiger partial charge in [-0.15, -0.1) is 11.3 Å². The molecule has 1 N–H and O–H groups in total. The molecule has 1 amide bonds. The van der Waals surface area contributed by atoms with Gasteiger partial charge >= 0.3 is 5.91 Å². The SMILES string of the molecule is COc1ccc(C2C(=C(O)c3ccc(Cl)cc3)C(=O)C(=O)N2c2nc(C)c(C)s2)cc1OC. The number of ketones is 1. The molecule has 7 nitrogen and oxygen atoms in total. The van der Waals surface area contributed by atoms with Crippen LogP contribution >= 0.6 is 22.9 Å². The lowest BCUT2D eigenvalue weighted by Gasteiger charge is -2.23. The third-order valence-electron chi connectivity index (χ3n) is 5.51. The number of ether oxygens (including phenoxy) is 2. The van der Waals surface area contributed by atoms with Crippen molar-refractivity contribution in [1.82, 2.24) is 4.98 Å². The van der Waals surface area contributed by atoms with Crippen molar-refractivity contribution in [2.75, 3.05) is 19.1 Å². The number of halogens is 1. The Kier molecular flexibility index (Phi) is 6.14. The Bertz CT molecular complexity index is 1260. The van der Waals surface area contributed by atoms with E-state index in [1.807, 2.05) is 13.8 Å². The van der Waals surface area contributed by atoms with Gasteiger partial charge in [-0.2, -0.15) is 0 Å². The smallest absolute Gasteiger partial charge is 0.301 e. The zero-order valence-corrected chi connectivity index (χ0v) is 20.0. The van der Waals surface area contributed by atoms with Crippen LogP contribution in [0.4, 0.5) is 5.13 Å². The van der Waals surface area contributed by atoms with Crippen molar-refractivity contribution < 1.29 is 24.2 Å². The van der Waals surface area contributed by atoms with Crippen LogP contribution in [0.2, 0.25) is 5.02 Å². The molecule has 0 bridgehead atoms. The highest BCUT2D eigenvalue weighted by molar-refractivity contribution is 7.16. The lowest BCUT2D eigenvalue weighted by Crippen LogP contribution is -2.29. The van der Waals surface area contributed by atoms with Gasteiger partial charge in [-0.25, -0.2) is 4.98 Å². The summed E-state index contributed by atoms with van der Waals surface area (Å²) >= 11 is 7.28. The standard InChI is InChI=1S/C24H21ClN2O5S/c1-12-13(2)33-24(26-12)27-20(15-7-10-17(31-3)18(11-15)32-4)19(22(29)23(27)30)21(28)14-5-8-16(25)9-6-14/h5-11,20,28H,1-4H3. The largest absolute Gasteiger partial charge is 0.507 e. The van der Waals surface area contributed by atoms with Crippen LogP contribution in [0.25, 0.3) is 5.76 Å². The first-order valence-corrected chi connectivity index (χ1v) is 11.2. The molecule has 1 aliphatic heterocycles. The Morgan fingerprint density at radius 2 is 1.73 bits per heavy atom. The van der Waals surface area contributed by atoms with Gasteiger partial charge in [0.05, 0.1) is 31.5 Å². The van der Waals surface area contributed by atoms with Crippen molar-refractivity contribution in [1.29, 1.82) is 0 Å². The summed E-state index contributed by atoms with van der Waals surface area (Å²) in [5.74, 6) is -0.931. The van der Waals surface area contributed by atoms with E-state index in [0.717, 1.165) is 10.6 Å². The molecule has 33 heavy (non-hydrogen) atoms. The van der Waals surface area contributed by atoms with Gasteiger partial charge in [0.1, 0.15) is 5.76 Å². The Labute approximate surface area is 199 Å². The van der Waals surface area contributed by atoms with Gasteiger partial charge in [-0.3, -0.25) is 14.5 Å². The van der Waals surface area contributed by atoms with Gasteiger partial charge in [-0.05, 0) is 55.8 Å². The summed E-state index contributed by atoms with van der Waals surface area (Å²) in [5, 5.41) is 12.0. The lowest BCUT2D eigenvalue weighted by molar-refractivity contribution is -0.132. The molecule has 9 heteroatoms. The van der Waals surface area contributed by atoms with E-state index in [9.17, 15) is 14.7 Å². The zero-order chi connectivity index (χ0) is 23.9. The van der Waals surface area contributed by atoms with Crippen LogP contribution in [0.15, 0.2) is 48.0 Å². The average Bonchev–Trinajstić information content (AvgIpc) is 3.28. The summed E-state index contributed by atoms with van der Waals surface area (Å²) in [6, 6.07) is 10.6. The number of methoxy groups -OCH3 is 2. The summed E-state index contributed by atoms with van der Waals surface area (Å²) in [6.45, 7) is 3.73. The van der Waals surface area contributed by atoms with Crippen molar-refractivity contribution in [2.24, 2.45) is 0 Å². The summed E-state index contributed by atoms with van der Waals surface area (Å²) in [6.07, 6.45) is 0. The van der Waals surface area contributed by atoms with Crippen LogP contribution in [0, 0.1) is 13.8 Å². The van der Waals surface area contributed by atoms with E-state index in [4.69, 9.17) is 21.1 Å². The maximum Gasteiger partial charge on any atom is 0.301 e. The number of hydrogen-bond donors (Lipinski definition) is 1. The molecule has 1 saturated heterocycles. The van der Waals surface area contributed by atoms with Crippen LogP contribution in [-0.2, 0) is 9.59 Å². The highest BCUT2D eigenvalue weighted by Gasteiger charge is 2.48. The molecule has 4 rings (SSSR count). The number of aryl methyl sites for hydroxylation is 2. The van der Waals surface area contributed by atoms with Crippen LogP contribution in [-0.4, -0.2) is 36.0 Å². The number of anilines is 1. The van der Waals surface area contributed by atoms with E-state index in [1.165, 1.54) is 30.5 Å². The van der Waals surface area contributed by atoms with Crippen molar-refractivity contribution in [3.63, 3.8) is 0 Å². The number of benzene rings is 2. The number of nitrogens with zero attached hydrogens (tertiary/aromatic N) is 2. The number of thiazole rings is 1. The third-order valence-corrected chi connectivity index (χ3v) is 6.83. The quantitative estimate of drug-likeness (QED) is 0.309. The Morgan fingerprint density at radius 1 is 1.06 bits per heavy atom. The molecule has 0 spiro atoms. The number of carbonyl (C=O) groups is 2. The third kappa shape index (κ3) is 3.96. The molecule has 1 fully saturated rings. The van der Waals surface area contributed by atoms with Crippen molar-refractivity contribution in [2.45, 2.75) is 19.9 Å². The second-order valence-corrected chi connectivity index (χ2v) is 9.05. The van der Waals surface area contributed by atoms with Crippen LogP contribution in [0.1, 0.15) is 27.7 Å². The first-order valence-electron chi connectivity index (χ1n) is 9.99. The minimum atomic E-state index is -0.912. The molecular formula is C24H21ClN2O5S. The second-order valence-electron chi connectivity index (χ2n) is 7.43. The fraction of sp³-hybridized carbons (Fsp3) is 0.208. The van der Waals surface area contributed by atoms with Crippen molar-refractivity contribution >= 4 is 45.5 Å². The van der Waals surface area contributed by atoms with Gasteiger partial charge in [0, 0.05) is 15.5 Å². The van der Waals surface area contributed by atoms with Gasteiger partial charge < -0.3 is 14.6 Å². The summed E-state index contributed by atoms with van der Waals surface area (Å²) in [5.41, 5.74) is 1.66. The molecule has 1 aliphatic rings. The average molecular weight is 485 g/mol. The highest BCUT2D eigenvalue weighted by atomic mass is 35.5. The predicted octanol–water partition coefficient (Wildman–Crippen LogP) is 5.06. The first kappa shape index (κ1) is 22.8. The maximum absolute atomic E-state index is 13.2. The van der Waals surface area contributed by atoms with E-state index in [0.29, 0.717) is 32.8 Å². The molecule has 1 aromatic heterocycles. The summed E-state index contributed by atoms with van der Waals surface area (Å²) in [4.78, 5) is 33.2. The Hall–Kier alpha value is -3.36. The van der Waals surface area contributed by atoms with E-state index >= 15 is 0 Å². The van der Waals surface area contributed by atoms with Gasteiger partial charge in [0.15, 0.2) is 16.6 Å². The number of rotatable bonds is 5. The van der Waals surface area contributed by atoms with Crippen molar-refractivity contribution in [3.05, 3.63) is 74.8 Å². The summed E-state index contributed by atoms with van der Waals surface area (Å²) in [7, 11) is 3.02. The normalized spacial score (nSPS) is 17.5. The fourth-order valence-corrected chi connectivity index (χ4v) is 4.75. The molecular weight excluding hydrogens is 464 g/mol. The number of hydrogen-bond acceptors (Lipinski definition) is 7. The molecule has 1 atom stereocenters. The fourth-order valence-electron chi connectivity index (χ4n) is 3.69. The molecule has 0 saturated carbocycles. The number of aliphatic hydroxyl groups is 1. The van der Waals surface area contributed by atoms with E-state index in [-0.39, 0.29) is 11.3 Å². The number of aromatic nitrogens is 1. The minimum Gasteiger partial charge on any atom is -0.507 e. The first-order chi connectivity index (χ1) is 15.8. The molecule has 1 unspecified atom stereocenters. The molecule has 2 heterocycles. The number of Topliss-reactive ketones (excluding diaryl/α,β-unsaturated/α-hetero) is 1. The highest BCUT2D eigenvalue weighted by Crippen LogP contribution is 2.45. The molecule has 2 aromatic carbocycles. The maximum atomic E-state index is 13.2. The minimum absolute atomic E-state index is 0.0416. The van der Waals surface area contributed by atoms with E-state index in [1.54, 1.807) is 42.5 Å². The zero-order valence-electron chi connectivity index (χ0n) is 18.4. The second kappa shape index (κ2) is 8.88. The van der Waals surface area contributed by atoms with Gasteiger partial charge in [0.2, 0.25) is 0 Å². The van der Waals surface area contributed by atoms with Crippen molar-refractivity contribution in [3.8, 4) is 11.5 Å². The number of carbonyl (C=O) groups excluding carboxylic acids is 2. The van der Waals surface area contributed by atoms with E-state index in [2.05, 4.69) is 4.98 Å².